The number of H-pyrrole nitrogens is 1. The van der Waals surface area contributed by atoms with Crippen molar-refractivity contribution in [1.29, 1.82) is 0 Å². The van der Waals surface area contributed by atoms with Crippen LogP contribution in [0.15, 0.2) is 61.1 Å². The normalized spacial score (nSPS) is 10.8. The van der Waals surface area contributed by atoms with Crippen molar-refractivity contribution in [3.8, 4) is 11.5 Å². The van der Waals surface area contributed by atoms with Crippen molar-refractivity contribution in [1.82, 2.24) is 19.9 Å². The van der Waals surface area contributed by atoms with Gasteiger partial charge in [0.2, 0.25) is 11.9 Å². The summed E-state index contributed by atoms with van der Waals surface area (Å²) in [5, 5.41) is 4.77. The molecule has 0 atom stereocenters. The van der Waals surface area contributed by atoms with Gasteiger partial charge in [-0.15, -0.1) is 0 Å². The summed E-state index contributed by atoms with van der Waals surface area (Å²) in [7, 11) is 0. The number of primary amides is 1. The van der Waals surface area contributed by atoms with Gasteiger partial charge in [0.15, 0.2) is 5.82 Å². The molecule has 7 heteroatoms. The minimum Gasteiger partial charge on any atom is -0.366 e. The molecule has 0 radical (unpaired) electrons. The lowest BCUT2D eigenvalue weighted by Gasteiger charge is -2.06. The van der Waals surface area contributed by atoms with E-state index in [1.807, 2.05) is 36.4 Å². The molecule has 0 aliphatic heterocycles. The molecule has 26 heavy (non-hydrogen) atoms. The van der Waals surface area contributed by atoms with E-state index in [4.69, 9.17) is 5.73 Å². The standard InChI is InChI=1S/C19H16N6O/c20-17(26)14-8-4-7-13-15(14)10-21-16(13)18-23-11-24-19(25-18)22-9-12-5-2-1-3-6-12/h1-8,10-11,21H,9H2,(H2,20,26)(H,22,23,24,25). The number of fused-ring (bicyclic) bond motifs is 1. The highest BCUT2D eigenvalue weighted by Gasteiger charge is 2.14. The van der Waals surface area contributed by atoms with Gasteiger partial charge in [-0.2, -0.15) is 4.98 Å². The van der Waals surface area contributed by atoms with E-state index < -0.39 is 5.91 Å². The van der Waals surface area contributed by atoms with Gasteiger partial charge in [-0.25, -0.2) is 9.97 Å². The van der Waals surface area contributed by atoms with Gasteiger partial charge in [-0.05, 0) is 11.6 Å². The van der Waals surface area contributed by atoms with Gasteiger partial charge in [-0.1, -0.05) is 42.5 Å². The lowest BCUT2D eigenvalue weighted by molar-refractivity contribution is 0.100. The number of aromatic nitrogens is 4. The fraction of sp³-hybridized carbons (Fsp3) is 0.0526. The molecule has 128 valence electrons. The second-order valence-electron chi connectivity index (χ2n) is 5.77. The Bertz CT molecular complexity index is 1070. The molecule has 0 saturated heterocycles. The fourth-order valence-corrected chi connectivity index (χ4v) is 2.84. The van der Waals surface area contributed by atoms with E-state index in [0.29, 0.717) is 29.6 Å². The van der Waals surface area contributed by atoms with Crippen molar-refractivity contribution in [3.05, 3.63) is 72.2 Å². The van der Waals surface area contributed by atoms with Crippen molar-refractivity contribution in [2.24, 2.45) is 5.73 Å². The number of carbonyl (C=O) groups is 1. The van der Waals surface area contributed by atoms with Crippen LogP contribution >= 0.6 is 0 Å². The maximum Gasteiger partial charge on any atom is 0.249 e. The minimum atomic E-state index is -0.470. The Morgan fingerprint density at radius 2 is 1.88 bits per heavy atom. The van der Waals surface area contributed by atoms with E-state index in [1.54, 1.807) is 18.3 Å². The summed E-state index contributed by atoms with van der Waals surface area (Å²) in [6, 6.07) is 15.4. The summed E-state index contributed by atoms with van der Waals surface area (Å²) in [6.45, 7) is 0.613. The number of nitrogens with one attached hydrogen (secondary N) is 2. The number of nitrogens with zero attached hydrogens (tertiary/aromatic N) is 3. The molecule has 2 aromatic carbocycles. The quantitative estimate of drug-likeness (QED) is 0.516. The Balaban J connectivity index is 1.65. The van der Waals surface area contributed by atoms with Crippen LogP contribution < -0.4 is 11.1 Å². The Hall–Kier alpha value is -3.74. The second-order valence-corrected chi connectivity index (χ2v) is 5.77. The first-order valence-corrected chi connectivity index (χ1v) is 8.09. The van der Waals surface area contributed by atoms with Crippen LogP contribution in [-0.4, -0.2) is 25.8 Å². The molecule has 1 amide bonds. The molecule has 2 aromatic heterocycles. The smallest absolute Gasteiger partial charge is 0.249 e. The molecule has 2 heterocycles. The zero-order chi connectivity index (χ0) is 17.9. The highest BCUT2D eigenvalue weighted by atomic mass is 16.1. The number of rotatable bonds is 5. The van der Waals surface area contributed by atoms with Crippen LogP contribution in [0.3, 0.4) is 0 Å². The molecule has 7 nitrogen and oxygen atoms in total. The van der Waals surface area contributed by atoms with Crippen LogP contribution in [0.4, 0.5) is 5.95 Å². The van der Waals surface area contributed by atoms with Crippen LogP contribution in [0.25, 0.3) is 22.3 Å². The summed E-state index contributed by atoms with van der Waals surface area (Å²) >= 11 is 0. The third-order valence-corrected chi connectivity index (χ3v) is 4.09. The highest BCUT2D eigenvalue weighted by molar-refractivity contribution is 6.09. The largest absolute Gasteiger partial charge is 0.366 e. The lowest BCUT2D eigenvalue weighted by Crippen LogP contribution is -2.10. The molecule has 0 bridgehead atoms. The van der Waals surface area contributed by atoms with E-state index >= 15 is 0 Å². The molecule has 0 fully saturated rings. The summed E-state index contributed by atoms with van der Waals surface area (Å²) in [5.41, 5.74) is 7.75. The Morgan fingerprint density at radius 1 is 1.04 bits per heavy atom. The van der Waals surface area contributed by atoms with Crippen molar-refractivity contribution in [2.75, 3.05) is 5.32 Å². The molecule has 4 N–H and O–H groups in total. The number of anilines is 1. The number of hydrogen-bond acceptors (Lipinski definition) is 5. The molecule has 0 aliphatic carbocycles. The number of amides is 1. The average molecular weight is 344 g/mol. The predicted molar refractivity (Wildman–Crippen MR) is 99.4 cm³/mol. The van der Waals surface area contributed by atoms with Crippen LogP contribution in [-0.2, 0) is 6.54 Å². The molecule has 0 unspecified atom stereocenters. The fourth-order valence-electron chi connectivity index (χ4n) is 2.84. The summed E-state index contributed by atoms with van der Waals surface area (Å²) in [6.07, 6.45) is 3.20. The maximum absolute atomic E-state index is 11.6. The zero-order valence-corrected chi connectivity index (χ0v) is 13.8. The minimum absolute atomic E-state index is 0.460. The van der Waals surface area contributed by atoms with Crippen LogP contribution in [0.1, 0.15) is 15.9 Å². The van der Waals surface area contributed by atoms with E-state index in [0.717, 1.165) is 16.3 Å². The molecule has 4 rings (SSSR count). The Labute approximate surface area is 149 Å². The van der Waals surface area contributed by atoms with E-state index in [1.165, 1.54) is 6.33 Å². The van der Waals surface area contributed by atoms with Crippen molar-refractivity contribution >= 4 is 22.6 Å². The molecule has 4 aromatic rings. The number of hydrogen-bond donors (Lipinski definition) is 3. The SMILES string of the molecule is NC(=O)c1cccc2c(-c3ncnc(NCc4ccccc4)n3)[nH]cc12. The van der Waals surface area contributed by atoms with Gasteiger partial charge < -0.3 is 16.0 Å². The Kier molecular flexibility index (Phi) is 4.03. The molecule has 0 aliphatic rings. The van der Waals surface area contributed by atoms with E-state index in [-0.39, 0.29) is 0 Å². The van der Waals surface area contributed by atoms with E-state index in [2.05, 4.69) is 25.3 Å². The van der Waals surface area contributed by atoms with Gasteiger partial charge >= 0.3 is 0 Å². The maximum atomic E-state index is 11.6. The Morgan fingerprint density at radius 3 is 2.69 bits per heavy atom. The predicted octanol–water partition coefficient (Wildman–Crippen LogP) is 2.73. The van der Waals surface area contributed by atoms with Gasteiger partial charge in [0.05, 0.1) is 5.69 Å². The molecular weight excluding hydrogens is 328 g/mol. The average Bonchev–Trinajstić information content (AvgIpc) is 3.11. The number of aromatic amines is 1. The monoisotopic (exact) mass is 344 g/mol. The summed E-state index contributed by atoms with van der Waals surface area (Å²) < 4.78 is 0. The zero-order valence-electron chi connectivity index (χ0n) is 13.8. The first-order valence-electron chi connectivity index (χ1n) is 8.09. The van der Waals surface area contributed by atoms with Gasteiger partial charge in [-0.3, -0.25) is 4.79 Å². The second kappa shape index (κ2) is 6.64. The van der Waals surface area contributed by atoms with Crippen molar-refractivity contribution in [3.63, 3.8) is 0 Å². The van der Waals surface area contributed by atoms with Crippen LogP contribution in [0.2, 0.25) is 0 Å². The van der Waals surface area contributed by atoms with E-state index in [9.17, 15) is 4.79 Å². The molecule has 0 spiro atoms. The lowest BCUT2D eigenvalue weighted by atomic mass is 10.1. The summed E-state index contributed by atoms with van der Waals surface area (Å²) in [5.74, 6) is 0.502. The van der Waals surface area contributed by atoms with Gasteiger partial charge in [0.25, 0.3) is 0 Å². The van der Waals surface area contributed by atoms with Crippen molar-refractivity contribution in [2.45, 2.75) is 6.54 Å². The van der Waals surface area contributed by atoms with Crippen LogP contribution in [0.5, 0.6) is 0 Å². The number of benzene rings is 2. The third kappa shape index (κ3) is 2.98. The van der Waals surface area contributed by atoms with Crippen LogP contribution in [0, 0.1) is 0 Å². The van der Waals surface area contributed by atoms with Gasteiger partial charge in [0, 0.05) is 29.1 Å². The number of nitrogens with two attached hydrogens (primary N) is 1. The molecular formula is C19H16N6O. The first kappa shape index (κ1) is 15.8. The van der Waals surface area contributed by atoms with Crippen molar-refractivity contribution < 1.29 is 4.79 Å². The first-order chi connectivity index (χ1) is 12.7. The third-order valence-electron chi connectivity index (χ3n) is 4.09. The summed E-state index contributed by atoms with van der Waals surface area (Å²) in [4.78, 5) is 27.6. The number of carbonyl (C=O) groups excluding carboxylic acids is 1. The topological polar surface area (TPSA) is 110 Å². The van der Waals surface area contributed by atoms with Gasteiger partial charge in [0.1, 0.15) is 6.33 Å². The highest BCUT2D eigenvalue weighted by Crippen LogP contribution is 2.27. The molecule has 0 saturated carbocycles.